The van der Waals surface area contributed by atoms with Crippen LogP contribution in [0.2, 0.25) is 0 Å². The van der Waals surface area contributed by atoms with E-state index < -0.39 is 7.82 Å². The minimum absolute atomic E-state index is 0. The first-order valence-corrected chi connectivity index (χ1v) is 18.2. The van der Waals surface area contributed by atoms with E-state index in [9.17, 15) is 0 Å². The summed E-state index contributed by atoms with van der Waals surface area (Å²) in [4.78, 5) is 25.6. The minimum atomic E-state index is -5.39. The predicted octanol–water partition coefficient (Wildman–Crippen LogP) is 0.153. The second kappa shape index (κ2) is 49.4. The van der Waals surface area contributed by atoms with Crippen molar-refractivity contribution in [3.63, 3.8) is 0 Å². The van der Waals surface area contributed by atoms with Crippen LogP contribution in [0.1, 0.15) is 194 Å². The zero-order valence-corrected chi connectivity index (χ0v) is 39.0. The van der Waals surface area contributed by atoms with Gasteiger partial charge in [0.2, 0.25) is 0 Å². The van der Waals surface area contributed by atoms with Crippen molar-refractivity contribution < 1.29 is 178 Å². The van der Waals surface area contributed by atoms with E-state index in [0.29, 0.717) is 0 Å². The maximum atomic E-state index is 8.55. The van der Waals surface area contributed by atoms with Gasteiger partial charge in [-0.3, -0.25) is 0 Å². The van der Waals surface area contributed by atoms with Crippen molar-refractivity contribution in [3.8, 4) is 0 Å². The Kier molecular flexibility index (Phi) is 66.7. The van der Waals surface area contributed by atoms with Crippen LogP contribution in [0, 0.1) is 0 Å². The van der Waals surface area contributed by atoms with E-state index in [2.05, 4.69) is 13.8 Å². The molecule has 0 aromatic heterocycles. The third-order valence-electron chi connectivity index (χ3n) is 7.28. The SMILES string of the molecule is CCCCCCCCCCCCCCCCOCCCCCCCCCCCCCCCC.O=P([O-])([O-])[O-].[K+].[K+].[K+]. The second-order valence-electron chi connectivity index (χ2n) is 11.3. The van der Waals surface area contributed by atoms with Crippen molar-refractivity contribution in [2.24, 2.45) is 0 Å². The van der Waals surface area contributed by atoms with Gasteiger partial charge in [-0.05, 0) is 12.8 Å². The molecule has 0 amide bonds. The summed E-state index contributed by atoms with van der Waals surface area (Å²) < 4.78 is 14.4. The molecular weight excluding hydrogens is 613 g/mol. The average Bonchev–Trinajstić information content (AvgIpc) is 2.87. The summed E-state index contributed by atoms with van der Waals surface area (Å²) in [7, 11) is -5.39. The Labute approximate surface area is 385 Å². The molecule has 41 heavy (non-hydrogen) atoms. The van der Waals surface area contributed by atoms with Gasteiger partial charge in [0.05, 0.1) is 0 Å². The van der Waals surface area contributed by atoms with E-state index >= 15 is 0 Å². The Bertz CT molecular complexity index is 432. The molecule has 0 fully saturated rings. The first-order chi connectivity index (χ1) is 18.4. The molecule has 0 aliphatic carbocycles. The van der Waals surface area contributed by atoms with Crippen LogP contribution in [0.15, 0.2) is 0 Å². The molecule has 0 radical (unpaired) electrons. The average molecular weight is 679 g/mol. The predicted molar refractivity (Wildman–Crippen MR) is 159 cm³/mol. The fourth-order valence-corrected chi connectivity index (χ4v) is 4.90. The van der Waals surface area contributed by atoms with Crippen LogP contribution in [-0.2, 0) is 9.30 Å². The van der Waals surface area contributed by atoms with Crippen molar-refractivity contribution in [1.29, 1.82) is 0 Å². The molecule has 0 bridgehead atoms. The van der Waals surface area contributed by atoms with Gasteiger partial charge in [0.1, 0.15) is 0 Å². The van der Waals surface area contributed by atoms with E-state index in [1.54, 1.807) is 0 Å². The van der Waals surface area contributed by atoms with E-state index in [0.717, 1.165) is 13.2 Å². The van der Waals surface area contributed by atoms with Gasteiger partial charge in [-0.15, -0.1) is 0 Å². The van der Waals surface area contributed by atoms with Crippen LogP contribution in [0.25, 0.3) is 0 Å². The normalized spacial score (nSPS) is 10.7. The van der Waals surface area contributed by atoms with Crippen molar-refractivity contribution >= 4 is 7.82 Å². The molecule has 0 rings (SSSR count). The van der Waals surface area contributed by atoms with Crippen molar-refractivity contribution in [1.82, 2.24) is 0 Å². The summed E-state index contributed by atoms with van der Waals surface area (Å²) in [5.41, 5.74) is 0. The summed E-state index contributed by atoms with van der Waals surface area (Å²) >= 11 is 0. The van der Waals surface area contributed by atoms with Crippen LogP contribution in [0.5, 0.6) is 0 Å². The number of ether oxygens (including phenoxy) is 1. The third-order valence-corrected chi connectivity index (χ3v) is 7.28. The molecule has 232 valence electrons. The molecular formula is C32H66K3O5P. The fraction of sp³-hybridized carbons (Fsp3) is 1.00. The van der Waals surface area contributed by atoms with Crippen molar-refractivity contribution in [2.45, 2.75) is 194 Å². The van der Waals surface area contributed by atoms with Gasteiger partial charge in [-0.2, -0.15) is 7.82 Å². The monoisotopic (exact) mass is 678 g/mol. The molecule has 0 aliphatic rings. The van der Waals surface area contributed by atoms with Crippen LogP contribution < -0.4 is 169 Å². The first-order valence-electron chi connectivity index (χ1n) is 16.7. The standard InChI is InChI=1S/C32H66O.3K.H3O4P/c1-3-5-7-9-11-13-15-17-19-21-23-25-27-29-31-33-32-30-28-26-24-22-20-18-16-14-12-10-8-6-4-2;;;;1-5(2,3)4/h3-32H2,1-2H3;;;;(H3,1,2,3,4)/q;3*+1;/p-3. The third kappa shape index (κ3) is 67.9. The summed E-state index contributed by atoms with van der Waals surface area (Å²) in [6.45, 7) is 6.59. The molecule has 0 heterocycles. The van der Waals surface area contributed by atoms with Gasteiger partial charge >= 0.3 is 154 Å². The second-order valence-corrected chi connectivity index (χ2v) is 12.1. The number of phosphoric acid groups is 1. The molecule has 0 saturated carbocycles. The Morgan fingerprint density at radius 1 is 0.366 bits per heavy atom. The van der Waals surface area contributed by atoms with E-state index in [4.69, 9.17) is 24.0 Å². The fourth-order valence-electron chi connectivity index (χ4n) is 4.90. The molecule has 0 atom stereocenters. The molecule has 0 N–H and O–H groups in total. The molecule has 9 heteroatoms. The Morgan fingerprint density at radius 3 is 0.683 bits per heavy atom. The molecule has 0 aromatic carbocycles. The molecule has 5 nitrogen and oxygen atoms in total. The minimum Gasteiger partial charge on any atom is -0.822 e. The molecule has 0 aromatic rings. The summed E-state index contributed by atoms with van der Waals surface area (Å²) in [6.07, 6.45) is 40.1. The van der Waals surface area contributed by atoms with Gasteiger partial charge in [0, 0.05) is 13.2 Å². The van der Waals surface area contributed by atoms with Gasteiger partial charge < -0.3 is 24.0 Å². The first kappa shape index (κ1) is 55.4. The number of hydrogen-bond donors (Lipinski definition) is 0. The Morgan fingerprint density at radius 2 is 0.512 bits per heavy atom. The molecule has 0 unspecified atom stereocenters. The van der Waals surface area contributed by atoms with E-state index in [-0.39, 0.29) is 154 Å². The summed E-state index contributed by atoms with van der Waals surface area (Å²) in [5, 5.41) is 0. The summed E-state index contributed by atoms with van der Waals surface area (Å²) in [6, 6.07) is 0. The smallest absolute Gasteiger partial charge is 0.822 e. The Balaban J connectivity index is -0.000000493. The maximum Gasteiger partial charge on any atom is 1.00 e. The number of rotatable bonds is 30. The molecule has 0 saturated heterocycles. The number of hydrogen-bond acceptors (Lipinski definition) is 5. The van der Waals surface area contributed by atoms with Gasteiger partial charge in [0.15, 0.2) is 0 Å². The topological polar surface area (TPSA) is 95.5 Å². The van der Waals surface area contributed by atoms with E-state index in [1.165, 1.54) is 180 Å². The van der Waals surface area contributed by atoms with Crippen LogP contribution in [0.3, 0.4) is 0 Å². The van der Waals surface area contributed by atoms with Crippen LogP contribution in [-0.4, -0.2) is 13.2 Å². The maximum absolute atomic E-state index is 8.55. The van der Waals surface area contributed by atoms with Crippen LogP contribution >= 0.6 is 7.82 Å². The zero-order valence-electron chi connectivity index (χ0n) is 28.7. The van der Waals surface area contributed by atoms with Crippen molar-refractivity contribution in [3.05, 3.63) is 0 Å². The molecule has 0 aliphatic heterocycles. The quantitative estimate of drug-likeness (QED) is 0.0613. The van der Waals surface area contributed by atoms with Crippen LogP contribution in [0.4, 0.5) is 0 Å². The van der Waals surface area contributed by atoms with E-state index in [1.807, 2.05) is 0 Å². The van der Waals surface area contributed by atoms with Gasteiger partial charge in [0.25, 0.3) is 0 Å². The number of unbranched alkanes of at least 4 members (excludes halogenated alkanes) is 26. The molecule has 0 spiro atoms. The Hall–Kier alpha value is 4.98. The largest absolute Gasteiger partial charge is 1.00 e. The van der Waals surface area contributed by atoms with Crippen molar-refractivity contribution in [2.75, 3.05) is 13.2 Å². The van der Waals surface area contributed by atoms with Gasteiger partial charge in [-0.1, -0.05) is 181 Å². The summed E-state index contributed by atoms with van der Waals surface area (Å²) in [5.74, 6) is 0. The zero-order chi connectivity index (χ0) is 28.4. The van der Waals surface area contributed by atoms with Gasteiger partial charge in [-0.25, -0.2) is 0 Å².